The zero-order valence-corrected chi connectivity index (χ0v) is 25.2. The number of halogens is 1. The third-order valence-corrected chi connectivity index (χ3v) is 8.29. The van der Waals surface area contributed by atoms with Crippen molar-refractivity contribution in [1.29, 1.82) is 0 Å². The van der Waals surface area contributed by atoms with Gasteiger partial charge in [0.25, 0.3) is 5.91 Å². The summed E-state index contributed by atoms with van der Waals surface area (Å²) in [6.45, 7) is 6.55. The van der Waals surface area contributed by atoms with Gasteiger partial charge in [-0.1, -0.05) is 73.1 Å². The number of benzene rings is 3. The van der Waals surface area contributed by atoms with Crippen molar-refractivity contribution in [3.8, 4) is 16.9 Å². The van der Waals surface area contributed by atoms with Crippen molar-refractivity contribution in [3.63, 3.8) is 0 Å². The van der Waals surface area contributed by atoms with Crippen molar-refractivity contribution in [2.24, 2.45) is 0 Å². The van der Waals surface area contributed by atoms with Crippen molar-refractivity contribution in [1.82, 2.24) is 10.0 Å². The van der Waals surface area contributed by atoms with Crippen LogP contribution in [-0.4, -0.2) is 44.6 Å². The van der Waals surface area contributed by atoms with Crippen LogP contribution in [0.4, 0.5) is 0 Å². The normalized spacial score (nSPS) is 12.5. The second kappa shape index (κ2) is 13.9. The Morgan fingerprint density at radius 1 is 0.900 bits per heavy atom. The second-order valence-corrected chi connectivity index (χ2v) is 13.1. The third-order valence-electron chi connectivity index (χ3n) is 6.27. The van der Waals surface area contributed by atoms with Crippen LogP contribution < -0.4 is 14.8 Å². The molecule has 0 heterocycles. The highest BCUT2D eigenvalue weighted by Gasteiger charge is 2.25. The molecule has 214 valence electrons. The molecule has 0 aliphatic rings. The molecule has 0 radical (unpaired) electrons. The minimum absolute atomic E-state index is 0.0140. The summed E-state index contributed by atoms with van der Waals surface area (Å²) < 4.78 is 34.4. The lowest BCUT2D eigenvalue weighted by atomic mass is 9.87. The molecule has 0 fully saturated rings. The van der Waals surface area contributed by atoms with Gasteiger partial charge in [-0.2, -0.15) is 4.72 Å². The smallest absolute Gasteiger partial charge is 0.321 e. The van der Waals surface area contributed by atoms with Gasteiger partial charge in [-0.05, 0) is 77.8 Å². The number of amides is 1. The molecular formula is C30H35BrN2O6S. The van der Waals surface area contributed by atoms with Gasteiger partial charge in [-0.25, -0.2) is 8.42 Å². The van der Waals surface area contributed by atoms with Crippen LogP contribution in [0.25, 0.3) is 11.1 Å². The van der Waals surface area contributed by atoms with E-state index in [9.17, 15) is 23.1 Å². The Morgan fingerprint density at radius 2 is 1.48 bits per heavy atom. The summed E-state index contributed by atoms with van der Waals surface area (Å²) in [5.41, 5.74) is 2.96. The number of sulfonamides is 1. The fourth-order valence-corrected chi connectivity index (χ4v) is 5.40. The zero-order chi connectivity index (χ0) is 29.3. The largest absolute Gasteiger partial charge is 0.484 e. The lowest BCUT2D eigenvalue weighted by molar-refractivity contribution is -0.139. The van der Waals surface area contributed by atoms with Gasteiger partial charge in [-0.15, -0.1) is 0 Å². The van der Waals surface area contributed by atoms with Gasteiger partial charge in [0.1, 0.15) is 11.8 Å². The molecule has 0 aromatic heterocycles. The van der Waals surface area contributed by atoms with Crippen molar-refractivity contribution in [3.05, 3.63) is 82.8 Å². The second-order valence-electron chi connectivity index (χ2n) is 10.5. The van der Waals surface area contributed by atoms with Gasteiger partial charge in [-0.3, -0.25) is 9.59 Å². The average molecular weight is 632 g/mol. The molecule has 0 saturated heterocycles. The van der Waals surface area contributed by atoms with Gasteiger partial charge in [0.05, 0.1) is 4.90 Å². The summed E-state index contributed by atoms with van der Waals surface area (Å²) in [7, 11) is -4.04. The van der Waals surface area contributed by atoms with E-state index in [4.69, 9.17) is 4.74 Å². The Morgan fingerprint density at radius 3 is 2.02 bits per heavy atom. The molecule has 0 saturated carbocycles. The minimum Gasteiger partial charge on any atom is -0.484 e. The summed E-state index contributed by atoms with van der Waals surface area (Å²) in [6, 6.07) is 20.2. The number of hydrogen-bond acceptors (Lipinski definition) is 5. The number of carboxylic acids is 1. The van der Waals surface area contributed by atoms with E-state index in [0.717, 1.165) is 15.6 Å². The van der Waals surface area contributed by atoms with E-state index in [1.165, 1.54) is 17.7 Å². The van der Waals surface area contributed by atoms with Gasteiger partial charge in [0.15, 0.2) is 6.61 Å². The summed E-state index contributed by atoms with van der Waals surface area (Å²) in [6.07, 6.45) is 0.967. The van der Waals surface area contributed by atoms with Crippen molar-refractivity contribution in [2.75, 3.05) is 13.2 Å². The third kappa shape index (κ3) is 9.46. The van der Waals surface area contributed by atoms with Gasteiger partial charge in [0, 0.05) is 11.0 Å². The number of ether oxygens (including phenoxy) is 1. The number of unbranched alkanes of at least 4 members (excludes halogenated alkanes) is 1. The van der Waals surface area contributed by atoms with Crippen LogP contribution in [0.3, 0.4) is 0 Å². The summed E-state index contributed by atoms with van der Waals surface area (Å²) >= 11 is 3.38. The van der Waals surface area contributed by atoms with Crippen LogP contribution in [0.5, 0.6) is 5.75 Å². The van der Waals surface area contributed by atoms with Crippen LogP contribution in [0.2, 0.25) is 0 Å². The first-order valence-electron chi connectivity index (χ1n) is 13.0. The number of aliphatic carboxylic acids is 1. The molecule has 1 atom stereocenters. The molecule has 8 nitrogen and oxygen atoms in total. The molecule has 10 heteroatoms. The molecule has 0 aliphatic heterocycles. The molecule has 3 aromatic carbocycles. The maximum atomic E-state index is 12.8. The number of carboxylic acid groups (broad SMARTS) is 1. The first kappa shape index (κ1) is 31.3. The monoisotopic (exact) mass is 630 g/mol. The first-order valence-corrected chi connectivity index (χ1v) is 15.2. The highest BCUT2D eigenvalue weighted by molar-refractivity contribution is 9.10. The Bertz CT molecular complexity index is 1380. The molecule has 3 N–H and O–H groups in total. The van der Waals surface area contributed by atoms with Crippen molar-refractivity contribution >= 4 is 37.8 Å². The fraction of sp³-hybridized carbons (Fsp3) is 0.333. The quantitative estimate of drug-likeness (QED) is 0.214. The van der Waals surface area contributed by atoms with Gasteiger partial charge in [0.2, 0.25) is 10.0 Å². The highest BCUT2D eigenvalue weighted by Crippen LogP contribution is 2.25. The van der Waals surface area contributed by atoms with E-state index in [1.807, 2.05) is 48.5 Å². The Labute approximate surface area is 244 Å². The maximum absolute atomic E-state index is 12.8. The predicted molar refractivity (Wildman–Crippen MR) is 159 cm³/mol. The number of carbonyl (C=O) groups is 2. The molecule has 3 aromatic rings. The molecule has 40 heavy (non-hydrogen) atoms. The molecule has 0 spiro atoms. The predicted octanol–water partition coefficient (Wildman–Crippen LogP) is 5.51. The lowest BCUT2D eigenvalue weighted by Gasteiger charge is -2.19. The Kier molecular flexibility index (Phi) is 10.9. The van der Waals surface area contributed by atoms with E-state index in [1.54, 1.807) is 12.1 Å². The van der Waals surface area contributed by atoms with Gasteiger partial charge >= 0.3 is 5.97 Å². The first-order chi connectivity index (χ1) is 18.8. The molecule has 0 aliphatic carbocycles. The Balaban J connectivity index is 1.42. The van der Waals surface area contributed by atoms with Crippen LogP contribution in [0, 0.1) is 0 Å². The fourth-order valence-electron chi connectivity index (χ4n) is 3.91. The van der Waals surface area contributed by atoms with E-state index < -0.39 is 22.0 Å². The van der Waals surface area contributed by atoms with E-state index >= 15 is 0 Å². The molecule has 1 amide bonds. The summed E-state index contributed by atoms with van der Waals surface area (Å²) in [5, 5.41) is 12.3. The van der Waals surface area contributed by atoms with E-state index in [2.05, 4.69) is 46.7 Å². The van der Waals surface area contributed by atoms with E-state index in [-0.39, 0.29) is 29.2 Å². The molecule has 1 unspecified atom stereocenters. The molecular weight excluding hydrogens is 596 g/mol. The standard InChI is InChI=1S/C30H35BrN2O6S/c1-30(2,3)23-11-15-25(16-12-23)39-20-28(34)32-19-5-4-6-27(29(35)36)33-40(37,38)26-17-9-22(10-18-26)21-7-13-24(31)14-8-21/h7-18,27,33H,4-6,19-20H2,1-3H3,(H,32,34)(H,35,36). The minimum atomic E-state index is -4.04. The highest BCUT2D eigenvalue weighted by atomic mass is 79.9. The van der Waals surface area contributed by atoms with Crippen LogP contribution in [-0.2, 0) is 25.0 Å². The van der Waals surface area contributed by atoms with Crippen molar-refractivity contribution < 1.29 is 27.9 Å². The molecule has 3 rings (SSSR count). The zero-order valence-electron chi connectivity index (χ0n) is 22.8. The van der Waals surface area contributed by atoms with Crippen molar-refractivity contribution in [2.45, 2.75) is 56.4 Å². The number of rotatable bonds is 13. The number of hydrogen-bond donors (Lipinski definition) is 3. The number of carbonyl (C=O) groups excluding carboxylic acids is 1. The van der Waals surface area contributed by atoms with Crippen LogP contribution >= 0.6 is 15.9 Å². The summed E-state index contributed by atoms with van der Waals surface area (Å²) in [5.74, 6) is -0.949. The molecule has 0 bridgehead atoms. The lowest BCUT2D eigenvalue weighted by Crippen LogP contribution is -2.40. The maximum Gasteiger partial charge on any atom is 0.321 e. The van der Waals surface area contributed by atoms with Gasteiger partial charge < -0.3 is 15.2 Å². The summed E-state index contributed by atoms with van der Waals surface area (Å²) in [4.78, 5) is 23.8. The Hall–Kier alpha value is -3.21. The topological polar surface area (TPSA) is 122 Å². The SMILES string of the molecule is CC(C)(C)c1ccc(OCC(=O)NCCCCC(NS(=O)(=O)c2ccc(-c3ccc(Br)cc3)cc2)C(=O)O)cc1. The van der Waals surface area contributed by atoms with Crippen LogP contribution in [0.1, 0.15) is 45.6 Å². The van der Waals surface area contributed by atoms with Crippen LogP contribution in [0.15, 0.2) is 82.2 Å². The average Bonchev–Trinajstić information content (AvgIpc) is 2.91. The van der Waals surface area contributed by atoms with E-state index in [0.29, 0.717) is 25.1 Å². The number of nitrogens with one attached hydrogen (secondary N) is 2.